The molecule has 0 aliphatic carbocycles. The van der Waals surface area contributed by atoms with Gasteiger partial charge in [0.05, 0.1) is 12.4 Å². The first-order valence-electron chi connectivity index (χ1n) is 8.01. The zero-order chi connectivity index (χ0) is 18.8. The molecule has 0 spiro atoms. The number of hydrogen-bond donors (Lipinski definition) is 1. The first-order valence-corrected chi connectivity index (χ1v) is 9.00. The summed E-state index contributed by atoms with van der Waals surface area (Å²) in [6, 6.07) is 0. The molecule has 25 heavy (non-hydrogen) atoms. The van der Waals surface area contributed by atoms with Crippen LogP contribution in [0.25, 0.3) is 0 Å². The van der Waals surface area contributed by atoms with E-state index in [1.165, 1.54) is 11.8 Å². The van der Waals surface area contributed by atoms with Gasteiger partial charge in [-0.1, -0.05) is 32.5 Å². The molecule has 0 fully saturated rings. The normalized spacial score (nSPS) is 11.6. The van der Waals surface area contributed by atoms with Crippen molar-refractivity contribution in [2.24, 2.45) is 0 Å². The molecular formula is C17H23N3O4S. The van der Waals surface area contributed by atoms with Gasteiger partial charge in [0.15, 0.2) is 5.78 Å². The van der Waals surface area contributed by atoms with Crippen molar-refractivity contribution in [2.45, 2.75) is 52.2 Å². The number of aromatic nitrogens is 3. The van der Waals surface area contributed by atoms with Crippen LogP contribution < -0.4 is 0 Å². The van der Waals surface area contributed by atoms with E-state index in [1.54, 1.807) is 20.8 Å². The van der Waals surface area contributed by atoms with Crippen molar-refractivity contribution in [1.82, 2.24) is 15.2 Å². The largest absolute Gasteiger partial charge is 0.461 e. The van der Waals surface area contributed by atoms with Gasteiger partial charge in [0, 0.05) is 16.7 Å². The molecule has 7 nitrogen and oxygen atoms in total. The van der Waals surface area contributed by atoms with Gasteiger partial charge in [0.2, 0.25) is 5.89 Å². The average Bonchev–Trinajstić information content (AvgIpc) is 3.10. The van der Waals surface area contributed by atoms with Crippen LogP contribution in [0.15, 0.2) is 9.64 Å². The second kappa shape index (κ2) is 7.43. The zero-order valence-corrected chi connectivity index (χ0v) is 16.2. The Hall–Kier alpha value is -2.09. The summed E-state index contributed by atoms with van der Waals surface area (Å²) < 4.78 is 10.6. The predicted molar refractivity (Wildman–Crippen MR) is 94.3 cm³/mol. The summed E-state index contributed by atoms with van der Waals surface area (Å²) in [5.41, 5.74) is 1.83. The number of carbonyl (C=O) groups is 2. The fourth-order valence-corrected chi connectivity index (χ4v) is 2.98. The number of thioether (sulfide) groups is 1. The van der Waals surface area contributed by atoms with Crippen molar-refractivity contribution in [1.29, 1.82) is 0 Å². The summed E-state index contributed by atoms with van der Waals surface area (Å²) in [4.78, 5) is 27.4. The van der Waals surface area contributed by atoms with E-state index in [0.717, 1.165) is 0 Å². The fraction of sp³-hybridized carbons (Fsp3) is 0.529. The Labute approximate surface area is 150 Å². The molecule has 0 aromatic carbocycles. The molecule has 0 bridgehead atoms. The van der Waals surface area contributed by atoms with Crippen LogP contribution in [-0.4, -0.2) is 39.3 Å². The first-order chi connectivity index (χ1) is 11.6. The Balaban J connectivity index is 2.11. The van der Waals surface area contributed by atoms with Gasteiger partial charge in [0.25, 0.3) is 5.22 Å². The average molecular weight is 365 g/mol. The molecule has 2 rings (SSSR count). The standard InChI is InChI=1S/C17H23N3O4S/c1-7-23-14(22)13-9(2)12(10(3)18-13)11(21)8-25-16-20-19-15(24-16)17(4,5)6/h18H,7-8H2,1-6H3. The summed E-state index contributed by atoms with van der Waals surface area (Å²) in [6.07, 6.45) is 0. The first kappa shape index (κ1) is 19.2. The van der Waals surface area contributed by atoms with Crippen LogP contribution in [0.4, 0.5) is 0 Å². The molecular weight excluding hydrogens is 342 g/mol. The van der Waals surface area contributed by atoms with E-state index >= 15 is 0 Å². The highest BCUT2D eigenvalue weighted by Crippen LogP contribution is 2.26. The lowest BCUT2D eigenvalue weighted by molar-refractivity contribution is 0.0519. The summed E-state index contributed by atoms with van der Waals surface area (Å²) in [7, 11) is 0. The van der Waals surface area contributed by atoms with Crippen molar-refractivity contribution >= 4 is 23.5 Å². The summed E-state index contributed by atoms with van der Waals surface area (Å²) in [5, 5.41) is 8.32. The van der Waals surface area contributed by atoms with Crippen LogP contribution in [0.3, 0.4) is 0 Å². The van der Waals surface area contributed by atoms with Crippen molar-refractivity contribution in [3.63, 3.8) is 0 Å². The smallest absolute Gasteiger partial charge is 0.355 e. The van der Waals surface area contributed by atoms with E-state index in [-0.39, 0.29) is 23.6 Å². The van der Waals surface area contributed by atoms with Crippen LogP contribution in [0.1, 0.15) is 65.7 Å². The molecule has 1 N–H and O–H groups in total. The quantitative estimate of drug-likeness (QED) is 0.475. The third-order valence-electron chi connectivity index (χ3n) is 3.57. The van der Waals surface area contributed by atoms with Gasteiger partial charge in [0.1, 0.15) is 5.69 Å². The number of nitrogens with zero attached hydrogens (tertiary/aromatic N) is 2. The van der Waals surface area contributed by atoms with Crippen molar-refractivity contribution < 1.29 is 18.7 Å². The molecule has 0 saturated carbocycles. The van der Waals surface area contributed by atoms with Crippen molar-refractivity contribution in [3.05, 3.63) is 28.4 Å². The van der Waals surface area contributed by atoms with E-state index in [2.05, 4.69) is 15.2 Å². The second-order valence-corrected chi connectivity index (χ2v) is 7.61. The highest BCUT2D eigenvalue weighted by atomic mass is 32.2. The number of H-pyrrole nitrogens is 1. The second-order valence-electron chi connectivity index (χ2n) is 6.68. The summed E-state index contributed by atoms with van der Waals surface area (Å²) >= 11 is 1.19. The number of rotatable bonds is 6. The predicted octanol–water partition coefficient (Wildman–Crippen LogP) is 3.46. The SMILES string of the molecule is CCOC(=O)c1[nH]c(C)c(C(=O)CSc2nnc(C(C)(C)C)o2)c1C. The highest BCUT2D eigenvalue weighted by molar-refractivity contribution is 7.99. The molecule has 2 aromatic heterocycles. The number of aryl methyl sites for hydroxylation is 1. The van der Waals surface area contributed by atoms with Crippen LogP contribution in [0.5, 0.6) is 0 Å². The Kier molecular flexibility index (Phi) is 5.72. The number of Topliss-reactive ketones (excluding diaryl/α,β-unsaturated/α-hetero) is 1. The lowest BCUT2D eigenvalue weighted by atomic mass is 9.97. The van der Waals surface area contributed by atoms with Gasteiger partial charge in [-0.25, -0.2) is 4.79 Å². The maximum Gasteiger partial charge on any atom is 0.355 e. The van der Waals surface area contributed by atoms with Crippen LogP contribution in [0, 0.1) is 13.8 Å². The Morgan fingerprint density at radius 1 is 1.24 bits per heavy atom. The zero-order valence-electron chi connectivity index (χ0n) is 15.3. The Morgan fingerprint density at radius 2 is 1.92 bits per heavy atom. The minimum absolute atomic E-state index is 0.109. The van der Waals surface area contributed by atoms with Crippen LogP contribution >= 0.6 is 11.8 Å². The molecule has 0 aliphatic heterocycles. The molecule has 0 saturated heterocycles. The van der Waals surface area contributed by atoms with E-state index < -0.39 is 5.97 Å². The molecule has 2 aromatic rings. The third-order valence-corrected chi connectivity index (χ3v) is 4.39. The van der Waals surface area contributed by atoms with Gasteiger partial charge in [-0.3, -0.25) is 4.79 Å². The minimum atomic E-state index is -0.457. The van der Waals surface area contributed by atoms with Gasteiger partial charge >= 0.3 is 5.97 Å². The molecule has 0 radical (unpaired) electrons. The van der Waals surface area contributed by atoms with Gasteiger partial charge in [-0.15, -0.1) is 10.2 Å². The van der Waals surface area contributed by atoms with E-state index in [0.29, 0.717) is 33.6 Å². The minimum Gasteiger partial charge on any atom is -0.461 e. The lowest BCUT2D eigenvalue weighted by Gasteiger charge is -2.10. The molecule has 2 heterocycles. The molecule has 0 atom stereocenters. The molecule has 8 heteroatoms. The molecule has 0 amide bonds. The van der Waals surface area contributed by atoms with Crippen molar-refractivity contribution in [3.8, 4) is 0 Å². The number of nitrogens with one attached hydrogen (secondary N) is 1. The van der Waals surface area contributed by atoms with E-state index in [4.69, 9.17) is 9.15 Å². The molecule has 136 valence electrons. The van der Waals surface area contributed by atoms with E-state index in [1.807, 2.05) is 20.8 Å². The van der Waals surface area contributed by atoms with Crippen LogP contribution in [0.2, 0.25) is 0 Å². The van der Waals surface area contributed by atoms with Gasteiger partial charge in [-0.2, -0.15) is 0 Å². The number of aromatic amines is 1. The molecule has 0 unspecified atom stereocenters. The Morgan fingerprint density at radius 3 is 2.48 bits per heavy atom. The van der Waals surface area contributed by atoms with Gasteiger partial charge in [-0.05, 0) is 26.3 Å². The topological polar surface area (TPSA) is 98.1 Å². The molecule has 0 aliphatic rings. The number of ketones is 1. The third kappa shape index (κ3) is 4.31. The van der Waals surface area contributed by atoms with E-state index in [9.17, 15) is 9.59 Å². The van der Waals surface area contributed by atoms with Crippen LogP contribution in [-0.2, 0) is 10.2 Å². The summed E-state index contributed by atoms with van der Waals surface area (Å²) in [5.74, 6) is 0.109. The number of esters is 1. The van der Waals surface area contributed by atoms with Crippen molar-refractivity contribution in [2.75, 3.05) is 12.4 Å². The highest BCUT2D eigenvalue weighted by Gasteiger charge is 2.24. The number of ether oxygens (including phenoxy) is 1. The monoisotopic (exact) mass is 365 g/mol. The maximum atomic E-state index is 12.6. The lowest BCUT2D eigenvalue weighted by Crippen LogP contribution is -2.11. The summed E-state index contributed by atoms with van der Waals surface area (Å²) in [6.45, 7) is 11.4. The fourth-order valence-electron chi connectivity index (χ4n) is 2.35. The van der Waals surface area contributed by atoms with Gasteiger partial charge < -0.3 is 14.1 Å². The number of hydrogen-bond acceptors (Lipinski definition) is 7. The maximum absolute atomic E-state index is 12.6. The number of carbonyl (C=O) groups excluding carboxylic acids is 2. The Bertz CT molecular complexity index is 786.